The van der Waals surface area contributed by atoms with Crippen LogP contribution in [0.3, 0.4) is 0 Å². The molecule has 120 valence electrons. The topological polar surface area (TPSA) is 26.0 Å². The third-order valence-electron chi connectivity index (χ3n) is 3.65. The normalized spacial score (nSPS) is 11.3. The van der Waals surface area contributed by atoms with E-state index in [9.17, 15) is 0 Å². The standard InChI is InChI=1S/C17H20N4S2/c1-3-20-16(15-10-7-11-23-15)18-21(17(20)22)13-19(2)12-14-8-5-4-6-9-14/h4-11H,3,12-13H2,1-2H3. The van der Waals surface area contributed by atoms with E-state index >= 15 is 0 Å². The van der Waals surface area contributed by atoms with Crippen LogP contribution in [0.4, 0.5) is 0 Å². The van der Waals surface area contributed by atoms with Crippen molar-refractivity contribution in [2.24, 2.45) is 0 Å². The Bertz CT molecular complexity index is 803. The Labute approximate surface area is 145 Å². The number of aromatic nitrogens is 3. The van der Waals surface area contributed by atoms with Crippen LogP contribution < -0.4 is 0 Å². The van der Waals surface area contributed by atoms with Crippen molar-refractivity contribution in [3.63, 3.8) is 0 Å². The van der Waals surface area contributed by atoms with E-state index in [4.69, 9.17) is 17.3 Å². The van der Waals surface area contributed by atoms with Crippen LogP contribution in [0.25, 0.3) is 10.7 Å². The third kappa shape index (κ3) is 3.60. The molecule has 0 aliphatic rings. The SMILES string of the molecule is CCn1c(-c2cccs2)nn(CN(C)Cc2ccccc2)c1=S. The number of thiophene rings is 1. The van der Waals surface area contributed by atoms with Crippen molar-refractivity contribution < 1.29 is 0 Å². The summed E-state index contributed by atoms with van der Waals surface area (Å²) in [6, 6.07) is 14.6. The monoisotopic (exact) mass is 344 g/mol. The highest BCUT2D eigenvalue weighted by molar-refractivity contribution is 7.71. The summed E-state index contributed by atoms with van der Waals surface area (Å²) < 4.78 is 4.78. The van der Waals surface area contributed by atoms with E-state index in [0.717, 1.165) is 28.6 Å². The summed E-state index contributed by atoms with van der Waals surface area (Å²) in [7, 11) is 2.09. The summed E-state index contributed by atoms with van der Waals surface area (Å²) in [6.07, 6.45) is 0. The smallest absolute Gasteiger partial charge is 0.199 e. The van der Waals surface area contributed by atoms with Gasteiger partial charge in [-0.3, -0.25) is 9.47 Å². The summed E-state index contributed by atoms with van der Waals surface area (Å²) in [4.78, 5) is 3.37. The number of nitrogens with zero attached hydrogens (tertiary/aromatic N) is 4. The number of hydrogen-bond acceptors (Lipinski definition) is 4. The zero-order valence-corrected chi connectivity index (χ0v) is 15.0. The number of benzene rings is 1. The van der Waals surface area contributed by atoms with Gasteiger partial charge in [0.25, 0.3) is 0 Å². The molecule has 1 aromatic carbocycles. The Balaban J connectivity index is 1.82. The maximum Gasteiger partial charge on any atom is 0.199 e. The molecule has 23 heavy (non-hydrogen) atoms. The first kappa shape index (κ1) is 16.1. The van der Waals surface area contributed by atoms with Crippen LogP contribution in [0, 0.1) is 4.77 Å². The summed E-state index contributed by atoms with van der Waals surface area (Å²) in [5, 5.41) is 6.82. The second-order valence-corrected chi connectivity index (χ2v) is 6.78. The first-order valence-corrected chi connectivity index (χ1v) is 8.92. The second-order valence-electron chi connectivity index (χ2n) is 5.47. The Morgan fingerprint density at radius 1 is 1.17 bits per heavy atom. The van der Waals surface area contributed by atoms with Crippen LogP contribution in [-0.4, -0.2) is 26.3 Å². The molecular weight excluding hydrogens is 324 g/mol. The van der Waals surface area contributed by atoms with Crippen molar-refractivity contribution in [3.8, 4) is 10.7 Å². The minimum absolute atomic E-state index is 0.680. The molecule has 0 amide bonds. The van der Waals surface area contributed by atoms with Crippen molar-refractivity contribution in [2.45, 2.75) is 26.7 Å². The van der Waals surface area contributed by atoms with Crippen molar-refractivity contribution in [1.29, 1.82) is 0 Å². The lowest BCUT2D eigenvalue weighted by Crippen LogP contribution is -2.22. The molecule has 0 bridgehead atoms. The lowest BCUT2D eigenvalue weighted by molar-refractivity contribution is 0.244. The number of rotatable bonds is 6. The molecule has 0 radical (unpaired) electrons. The molecule has 4 nitrogen and oxygen atoms in total. The van der Waals surface area contributed by atoms with Crippen LogP contribution in [0.15, 0.2) is 47.8 Å². The molecular formula is C17H20N4S2. The Morgan fingerprint density at radius 3 is 2.61 bits per heavy atom. The van der Waals surface area contributed by atoms with E-state index < -0.39 is 0 Å². The highest BCUT2D eigenvalue weighted by Crippen LogP contribution is 2.23. The van der Waals surface area contributed by atoms with Gasteiger partial charge < -0.3 is 0 Å². The van der Waals surface area contributed by atoms with E-state index in [1.54, 1.807) is 11.3 Å². The van der Waals surface area contributed by atoms with E-state index in [0.29, 0.717) is 6.67 Å². The second kappa shape index (κ2) is 7.21. The van der Waals surface area contributed by atoms with Gasteiger partial charge in [0.1, 0.15) is 0 Å². The average molecular weight is 345 g/mol. The summed E-state index contributed by atoms with van der Waals surface area (Å²) in [5.74, 6) is 0.959. The van der Waals surface area contributed by atoms with Gasteiger partial charge in [-0.2, -0.15) is 0 Å². The van der Waals surface area contributed by atoms with E-state index in [1.807, 2.05) is 16.8 Å². The lowest BCUT2D eigenvalue weighted by atomic mass is 10.2. The highest BCUT2D eigenvalue weighted by Gasteiger charge is 2.13. The van der Waals surface area contributed by atoms with Crippen LogP contribution in [-0.2, 0) is 19.8 Å². The van der Waals surface area contributed by atoms with Crippen molar-refractivity contribution in [1.82, 2.24) is 19.2 Å². The molecule has 3 rings (SSSR count). The molecule has 2 aromatic heterocycles. The summed E-state index contributed by atoms with van der Waals surface area (Å²) in [5.41, 5.74) is 1.29. The van der Waals surface area contributed by atoms with Gasteiger partial charge in [-0.1, -0.05) is 36.4 Å². The zero-order chi connectivity index (χ0) is 16.2. The molecule has 2 heterocycles. The quantitative estimate of drug-likeness (QED) is 0.625. The fourth-order valence-electron chi connectivity index (χ4n) is 2.58. The van der Waals surface area contributed by atoms with Crippen LogP contribution in [0.5, 0.6) is 0 Å². The van der Waals surface area contributed by atoms with Gasteiger partial charge in [0.2, 0.25) is 0 Å². The maximum atomic E-state index is 5.61. The van der Waals surface area contributed by atoms with E-state index in [1.165, 1.54) is 5.56 Å². The van der Waals surface area contributed by atoms with Crippen LogP contribution in [0.2, 0.25) is 0 Å². The summed E-state index contributed by atoms with van der Waals surface area (Å²) in [6.45, 7) is 4.48. The molecule has 0 N–H and O–H groups in total. The van der Waals surface area contributed by atoms with Gasteiger partial charge >= 0.3 is 0 Å². The predicted molar refractivity (Wildman–Crippen MR) is 97.9 cm³/mol. The summed E-state index contributed by atoms with van der Waals surface area (Å²) >= 11 is 7.30. The fourth-order valence-corrected chi connectivity index (χ4v) is 3.61. The third-order valence-corrected chi connectivity index (χ3v) is 4.95. The van der Waals surface area contributed by atoms with Gasteiger partial charge in [-0.25, -0.2) is 4.68 Å². The largest absolute Gasteiger partial charge is 0.300 e. The van der Waals surface area contributed by atoms with E-state index in [-0.39, 0.29) is 0 Å². The molecule has 0 saturated carbocycles. The van der Waals surface area contributed by atoms with Gasteiger partial charge in [0, 0.05) is 13.1 Å². The highest BCUT2D eigenvalue weighted by atomic mass is 32.1. The van der Waals surface area contributed by atoms with Gasteiger partial charge in [0.15, 0.2) is 10.6 Å². The average Bonchev–Trinajstić information content (AvgIpc) is 3.17. The number of hydrogen-bond donors (Lipinski definition) is 0. The minimum Gasteiger partial charge on any atom is -0.300 e. The molecule has 0 saturated heterocycles. The van der Waals surface area contributed by atoms with Crippen LogP contribution >= 0.6 is 23.6 Å². The van der Waals surface area contributed by atoms with Gasteiger partial charge in [-0.15, -0.1) is 16.4 Å². The molecule has 0 unspecified atom stereocenters. The minimum atomic E-state index is 0.680. The van der Waals surface area contributed by atoms with E-state index in [2.05, 4.69) is 59.2 Å². The van der Waals surface area contributed by atoms with Gasteiger partial charge in [-0.05, 0) is 43.2 Å². The fraction of sp³-hybridized carbons (Fsp3) is 0.294. The first-order valence-electron chi connectivity index (χ1n) is 7.63. The Hall–Kier alpha value is -1.76. The van der Waals surface area contributed by atoms with Gasteiger partial charge in [0.05, 0.1) is 11.5 Å². The van der Waals surface area contributed by atoms with Crippen molar-refractivity contribution in [2.75, 3.05) is 7.05 Å². The van der Waals surface area contributed by atoms with Crippen molar-refractivity contribution >= 4 is 23.6 Å². The maximum absolute atomic E-state index is 5.61. The molecule has 0 fully saturated rings. The molecule has 3 aromatic rings. The molecule has 0 spiro atoms. The van der Waals surface area contributed by atoms with Crippen molar-refractivity contribution in [3.05, 3.63) is 58.2 Å². The predicted octanol–water partition coefficient (Wildman–Crippen LogP) is 4.25. The Morgan fingerprint density at radius 2 is 1.96 bits per heavy atom. The molecule has 0 aliphatic carbocycles. The zero-order valence-electron chi connectivity index (χ0n) is 13.3. The molecule has 6 heteroatoms. The Kier molecular flexibility index (Phi) is 5.05. The molecule has 0 atom stereocenters. The first-order chi connectivity index (χ1) is 11.2. The van der Waals surface area contributed by atoms with Crippen LogP contribution in [0.1, 0.15) is 12.5 Å². The molecule has 0 aliphatic heterocycles. The lowest BCUT2D eigenvalue weighted by Gasteiger charge is -2.16.